The Morgan fingerprint density at radius 1 is 1.33 bits per heavy atom. The summed E-state index contributed by atoms with van der Waals surface area (Å²) in [5, 5.41) is 10.4. The molecule has 0 bridgehead atoms. The highest BCUT2D eigenvalue weighted by molar-refractivity contribution is 5.86. The molecule has 1 heterocycles. The molecule has 0 radical (unpaired) electrons. The quantitative estimate of drug-likeness (QED) is 0.901. The lowest BCUT2D eigenvalue weighted by atomic mass is 10.1. The van der Waals surface area contributed by atoms with Gasteiger partial charge in [-0.1, -0.05) is 0 Å². The van der Waals surface area contributed by atoms with Crippen LogP contribution in [0.15, 0.2) is 18.2 Å². The van der Waals surface area contributed by atoms with Gasteiger partial charge in [-0.25, -0.2) is 0 Å². The molecule has 1 N–H and O–H groups in total. The summed E-state index contributed by atoms with van der Waals surface area (Å²) >= 11 is 0. The van der Waals surface area contributed by atoms with E-state index in [4.69, 9.17) is 4.74 Å². The Bertz CT molecular complexity index is 555. The number of aromatic nitrogens is 1. The first-order chi connectivity index (χ1) is 8.54. The van der Waals surface area contributed by atoms with Crippen LogP contribution in [0.5, 0.6) is 5.75 Å². The number of aliphatic hydroxyl groups is 1. The lowest BCUT2D eigenvalue weighted by Gasteiger charge is -2.10. The van der Waals surface area contributed by atoms with Gasteiger partial charge >= 0.3 is 0 Å². The van der Waals surface area contributed by atoms with Gasteiger partial charge in [-0.15, -0.1) is 0 Å². The van der Waals surface area contributed by atoms with Crippen LogP contribution in [0.2, 0.25) is 0 Å². The average Bonchev–Trinajstić information content (AvgIpc) is 2.54. The number of fused-ring (bicyclic) bond motifs is 1. The number of hydrogen-bond donors (Lipinski definition) is 1. The standard InChI is InChI=1S/C15H21NO2/c1-10(2)18-12-5-6-15-14(9-12)13(7-8-17)11(3)16(15)4/h5-6,9-10,17H,7-8H2,1-4H3. The molecule has 0 spiro atoms. The molecule has 0 saturated carbocycles. The van der Waals surface area contributed by atoms with E-state index in [1.165, 1.54) is 22.2 Å². The Morgan fingerprint density at radius 2 is 2.06 bits per heavy atom. The van der Waals surface area contributed by atoms with Crippen LogP contribution in [-0.2, 0) is 13.5 Å². The minimum absolute atomic E-state index is 0.175. The molecule has 0 saturated heterocycles. The van der Waals surface area contributed by atoms with Crippen molar-refractivity contribution in [3.8, 4) is 5.75 Å². The van der Waals surface area contributed by atoms with Gasteiger partial charge in [-0.05, 0) is 51.0 Å². The summed E-state index contributed by atoms with van der Waals surface area (Å²) in [5.74, 6) is 0.891. The molecule has 18 heavy (non-hydrogen) atoms. The van der Waals surface area contributed by atoms with Crippen molar-refractivity contribution in [2.45, 2.75) is 33.3 Å². The van der Waals surface area contributed by atoms with E-state index in [-0.39, 0.29) is 12.7 Å². The Hall–Kier alpha value is -1.48. The molecule has 0 aliphatic carbocycles. The normalized spacial score (nSPS) is 11.4. The van der Waals surface area contributed by atoms with E-state index in [9.17, 15) is 5.11 Å². The van der Waals surface area contributed by atoms with Crippen molar-refractivity contribution < 1.29 is 9.84 Å². The summed E-state index contributed by atoms with van der Waals surface area (Å²) < 4.78 is 7.90. The zero-order chi connectivity index (χ0) is 13.3. The Morgan fingerprint density at radius 3 is 2.67 bits per heavy atom. The van der Waals surface area contributed by atoms with Crippen molar-refractivity contribution in [1.82, 2.24) is 4.57 Å². The van der Waals surface area contributed by atoms with Gasteiger partial charge in [0, 0.05) is 30.3 Å². The third-order valence-corrected chi connectivity index (χ3v) is 3.33. The molecule has 0 unspecified atom stereocenters. The SMILES string of the molecule is Cc1c(CCO)c2cc(OC(C)C)ccc2n1C. The van der Waals surface area contributed by atoms with Crippen molar-refractivity contribution in [2.75, 3.05) is 6.61 Å². The molecular weight excluding hydrogens is 226 g/mol. The number of rotatable bonds is 4. The zero-order valence-electron chi connectivity index (χ0n) is 11.5. The fourth-order valence-electron chi connectivity index (χ4n) is 2.40. The van der Waals surface area contributed by atoms with Crippen LogP contribution in [0.4, 0.5) is 0 Å². The minimum atomic E-state index is 0.175. The second-order valence-corrected chi connectivity index (χ2v) is 4.94. The molecule has 98 valence electrons. The second-order valence-electron chi connectivity index (χ2n) is 4.94. The van der Waals surface area contributed by atoms with Gasteiger partial charge in [0.05, 0.1) is 6.10 Å². The topological polar surface area (TPSA) is 34.4 Å². The molecular formula is C15H21NO2. The Labute approximate surface area is 108 Å². The summed E-state index contributed by atoms with van der Waals surface area (Å²) in [7, 11) is 2.06. The predicted molar refractivity (Wildman–Crippen MR) is 74.2 cm³/mol. The molecule has 0 amide bonds. The number of hydrogen-bond acceptors (Lipinski definition) is 2. The number of aliphatic hydroxyl groups excluding tert-OH is 1. The van der Waals surface area contributed by atoms with Crippen molar-refractivity contribution >= 4 is 10.9 Å². The molecule has 0 fully saturated rings. The maximum absolute atomic E-state index is 9.19. The molecule has 3 nitrogen and oxygen atoms in total. The first-order valence-electron chi connectivity index (χ1n) is 6.40. The van der Waals surface area contributed by atoms with Gasteiger partial charge < -0.3 is 14.4 Å². The smallest absolute Gasteiger partial charge is 0.120 e. The van der Waals surface area contributed by atoms with Crippen LogP contribution >= 0.6 is 0 Å². The largest absolute Gasteiger partial charge is 0.491 e. The lowest BCUT2D eigenvalue weighted by Crippen LogP contribution is -2.05. The van der Waals surface area contributed by atoms with E-state index >= 15 is 0 Å². The monoisotopic (exact) mass is 247 g/mol. The average molecular weight is 247 g/mol. The van der Waals surface area contributed by atoms with Gasteiger partial charge in [-0.2, -0.15) is 0 Å². The summed E-state index contributed by atoms with van der Waals surface area (Å²) in [4.78, 5) is 0. The zero-order valence-corrected chi connectivity index (χ0v) is 11.5. The maximum atomic E-state index is 9.19. The fourth-order valence-corrected chi connectivity index (χ4v) is 2.40. The van der Waals surface area contributed by atoms with Gasteiger partial charge in [0.25, 0.3) is 0 Å². The van der Waals surface area contributed by atoms with Gasteiger partial charge in [-0.3, -0.25) is 0 Å². The molecule has 1 aromatic carbocycles. The molecule has 0 aliphatic rings. The van der Waals surface area contributed by atoms with E-state index < -0.39 is 0 Å². The van der Waals surface area contributed by atoms with Gasteiger partial charge in [0.15, 0.2) is 0 Å². The van der Waals surface area contributed by atoms with Crippen molar-refractivity contribution in [2.24, 2.45) is 7.05 Å². The highest BCUT2D eigenvalue weighted by Gasteiger charge is 2.12. The lowest BCUT2D eigenvalue weighted by molar-refractivity contribution is 0.242. The highest BCUT2D eigenvalue weighted by Crippen LogP contribution is 2.29. The van der Waals surface area contributed by atoms with Crippen LogP contribution in [0.25, 0.3) is 10.9 Å². The van der Waals surface area contributed by atoms with Crippen LogP contribution in [0.3, 0.4) is 0 Å². The maximum Gasteiger partial charge on any atom is 0.120 e. The van der Waals surface area contributed by atoms with E-state index in [1.807, 2.05) is 19.9 Å². The third kappa shape index (κ3) is 2.23. The second kappa shape index (κ2) is 5.02. The fraction of sp³-hybridized carbons (Fsp3) is 0.467. The van der Waals surface area contributed by atoms with E-state index in [2.05, 4.69) is 30.7 Å². The van der Waals surface area contributed by atoms with E-state index in [0.717, 1.165) is 5.75 Å². The van der Waals surface area contributed by atoms with E-state index in [0.29, 0.717) is 6.42 Å². The Balaban J connectivity index is 2.56. The summed E-state index contributed by atoms with van der Waals surface area (Å²) in [6.07, 6.45) is 0.863. The van der Waals surface area contributed by atoms with Gasteiger partial charge in [0.1, 0.15) is 5.75 Å². The number of aryl methyl sites for hydroxylation is 1. The number of nitrogens with zero attached hydrogens (tertiary/aromatic N) is 1. The minimum Gasteiger partial charge on any atom is -0.491 e. The third-order valence-electron chi connectivity index (χ3n) is 3.33. The molecule has 2 rings (SSSR count). The number of ether oxygens (including phenoxy) is 1. The van der Waals surface area contributed by atoms with Crippen LogP contribution in [-0.4, -0.2) is 22.4 Å². The van der Waals surface area contributed by atoms with Crippen molar-refractivity contribution in [1.29, 1.82) is 0 Å². The van der Waals surface area contributed by atoms with Crippen LogP contribution in [0.1, 0.15) is 25.1 Å². The molecule has 0 aliphatic heterocycles. The first kappa shape index (κ1) is 13.0. The van der Waals surface area contributed by atoms with Gasteiger partial charge in [0.2, 0.25) is 0 Å². The molecule has 2 aromatic rings. The predicted octanol–water partition coefficient (Wildman–Crippen LogP) is 2.81. The summed E-state index contributed by atoms with van der Waals surface area (Å²) in [6.45, 7) is 6.31. The van der Waals surface area contributed by atoms with Crippen molar-refractivity contribution in [3.05, 3.63) is 29.5 Å². The number of benzene rings is 1. The van der Waals surface area contributed by atoms with E-state index in [1.54, 1.807) is 0 Å². The first-order valence-corrected chi connectivity index (χ1v) is 6.40. The van der Waals surface area contributed by atoms with Crippen LogP contribution < -0.4 is 4.74 Å². The summed E-state index contributed by atoms with van der Waals surface area (Å²) in [5.41, 5.74) is 3.61. The molecule has 1 aromatic heterocycles. The van der Waals surface area contributed by atoms with Crippen LogP contribution in [0, 0.1) is 6.92 Å². The summed E-state index contributed by atoms with van der Waals surface area (Å²) in [6, 6.07) is 6.17. The Kier molecular flexibility index (Phi) is 3.62. The molecule has 3 heteroatoms. The van der Waals surface area contributed by atoms with Crippen molar-refractivity contribution in [3.63, 3.8) is 0 Å². The molecule has 0 atom stereocenters. The highest BCUT2D eigenvalue weighted by atomic mass is 16.5.